The van der Waals surface area contributed by atoms with Crippen molar-refractivity contribution in [1.29, 1.82) is 0 Å². The van der Waals surface area contributed by atoms with Crippen LogP contribution in [0.1, 0.15) is 6.92 Å². The Morgan fingerprint density at radius 2 is 1.74 bits per heavy atom. The van der Waals surface area contributed by atoms with Gasteiger partial charge in [-0.2, -0.15) is 0 Å². The summed E-state index contributed by atoms with van der Waals surface area (Å²) in [4.78, 5) is 23.8. The fourth-order valence-electron chi connectivity index (χ4n) is 2.75. The molecule has 0 aliphatic carbocycles. The van der Waals surface area contributed by atoms with E-state index in [1.165, 1.54) is 6.92 Å². The summed E-state index contributed by atoms with van der Waals surface area (Å²) in [6.45, 7) is 1.26. The molecule has 0 bridgehead atoms. The predicted octanol–water partition coefficient (Wildman–Crippen LogP) is 1.81. The zero-order valence-electron chi connectivity index (χ0n) is 14.8. The fourth-order valence-corrected chi connectivity index (χ4v) is 3.67. The maximum absolute atomic E-state index is 12.6. The van der Waals surface area contributed by atoms with Crippen molar-refractivity contribution in [2.45, 2.75) is 13.0 Å². The first kappa shape index (κ1) is 18.7. The second kappa shape index (κ2) is 7.28. The van der Waals surface area contributed by atoms with Gasteiger partial charge in [0, 0.05) is 18.3 Å². The molecule has 2 N–H and O–H groups in total. The predicted molar refractivity (Wildman–Crippen MR) is 102 cm³/mol. The number of ether oxygens (including phenoxy) is 1. The zero-order valence-corrected chi connectivity index (χ0v) is 15.6. The van der Waals surface area contributed by atoms with Crippen molar-refractivity contribution in [1.82, 2.24) is 0 Å². The Morgan fingerprint density at radius 1 is 1.07 bits per heavy atom. The number of benzene rings is 2. The van der Waals surface area contributed by atoms with Crippen molar-refractivity contribution in [2.75, 3.05) is 27.7 Å². The lowest BCUT2D eigenvalue weighted by Crippen LogP contribution is -2.48. The van der Waals surface area contributed by atoms with Crippen LogP contribution in [0.3, 0.4) is 0 Å². The lowest BCUT2D eigenvalue weighted by atomic mass is 10.2. The van der Waals surface area contributed by atoms with Crippen molar-refractivity contribution in [3.05, 3.63) is 48.5 Å². The number of carbonyl (C=O) groups excluding carboxylic acids is 2. The van der Waals surface area contributed by atoms with E-state index in [-0.39, 0.29) is 12.5 Å². The molecule has 2 amide bonds. The highest BCUT2D eigenvalue weighted by molar-refractivity contribution is 7.92. The minimum atomic E-state index is -3.57. The van der Waals surface area contributed by atoms with Gasteiger partial charge < -0.3 is 15.4 Å². The van der Waals surface area contributed by atoms with Crippen LogP contribution in [0.2, 0.25) is 0 Å². The van der Waals surface area contributed by atoms with Crippen molar-refractivity contribution in [2.24, 2.45) is 0 Å². The monoisotopic (exact) mass is 389 g/mol. The molecule has 0 aromatic heterocycles. The van der Waals surface area contributed by atoms with Gasteiger partial charge in [0.05, 0.1) is 18.5 Å². The molecule has 1 atom stereocenters. The van der Waals surface area contributed by atoms with Crippen LogP contribution in [-0.2, 0) is 19.6 Å². The van der Waals surface area contributed by atoms with Gasteiger partial charge in [-0.05, 0) is 30.3 Å². The van der Waals surface area contributed by atoms with Gasteiger partial charge in [-0.1, -0.05) is 18.2 Å². The smallest absolute Gasteiger partial charge is 0.267 e. The molecule has 0 spiro atoms. The van der Waals surface area contributed by atoms with E-state index in [1.54, 1.807) is 48.5 Å². The molecule has 0 unspecified atom stereocenters. The Kier molecular flexibility index (Phi) is 5.04. The lowest BCUT2D eigenvalue weighted by Gasteiger charge is -2.33. The minimum absolute atomic E-state index is 0.132. The Morgan fingerprint density at radius 3 is 2.41 bits per heavy atom. The highest BCUT2D eigenvalue weighted by Gasteiger charge is 2.34. The third-order valence-corrected chi connectivity index (χ3v) is 5.02. The van der Waals surface area contributed by atoms with Gasteiger partial charge in [0.1, 0.15) is 5.75 Å². The van der Waals surface area contributed by atoms with Crippen LogP contribution in [0.5, 0.6) is 5.75 Å². The quantitative estimate of drug-likeness (QED) is 0.830. The zero-order chi connectivity index (χ0) is 19.6. The number of amides is 2. The van der Waals surface area contributed by atoms with Crippen LogP contribution >= 0.6 is 0 Å². The summed E-state index contributed by atoms with van der Waals surface area (Å²) in [5.41, 5.74) is 1.39. The first-order valence-corrected chi connectivity index (χ1v) is 10.0. The molecule has 2 aromatic rings. The second-order valence-corrected chi connectivity index (χ2v) is 8.03. The average Bonchev–Trinajstić information content (AvgIpc) is 2.59. The van der Waals surface area contributed by atoms with E-state index in [0.29, 0.717) is 22.8 Å². The van der Waals surface area contributed by atoms with Gasteiger partial charge >= 0.3 is 0 Å². The molecular weight excluding hydrogens is 370 g/mol. The number of para-hydroxylation sites is 2. The molecule has 8 nitrogen and oxygen atoms in total. The van der Waals surface area contributed by atoms with E-state index < -0.39 is 22.0 Å². The van der Waals surface area contributed by atoms with Crippen LogP contribution < -0.4 is 19.7 Å². The summed E-state index contributed by atoms with van der Waals surface area (Å²) in [6, 6.07) is 13.3. The fraction of sp³-hybridized carbons (Fsp3) is 0.222. The summed E-state index contributed by atoms with van der Waals surface area (Å²) in [7, 11) is -3.57. The van der Waals surface area contributed by atoms with Gasteiger partial charge in [0.2, 0.25) is 15.9 Å². The van der Waals surface area contributed by atoms with E-state index in [0.717, 1.165) is 10.6 Å². The standard InChI is InChI=1S/C18H19N3O5S/c1-12(22)19-13-6-5-7-14(10-13)20-18(23)17-11-21(27(2,24)25)15-8-3-4-9-16(15)26-17/h3-10,17H,11H2,1-2H3,(H,19,22)(H,20,23)/t17-/m0/s1. The van der Waals surface area contributed by atoms with Gasteiger partial charge in [0.25, 0.3) is 5.91 Å². The summed E-state index contributed by atoms with van der Waals surface area (Å²) in [5, 5.41) is 5.32. The number of fused-ring (bicyclic) bond motifs is 1. The van der Waals surface area contributed by atoms with Crippen LogP contribution in [0.15, 0.2) is 48.5 Å². The normalized spacial score (nSPS) is 16.1. The number of rotatable bonds is 4. The molecule has 0 saturated heterocycles. The Bertz CT molecular complexity index is 990. The molecule has 27 heavy (non-hydrogen) atoms. The Balaban J connectivity index is 1.81. The van der Waals surface area contributed by atoms with E-state index >= 15 is 0 Å². The molecular formula is C18H19N3O5S. The van der Waals surface area contributed by atoms with E-state index in [9.17, 15) is 18.0 Å². The molecule has 1 heterocycles. The maximum atomic E-state index is 12.6. The van der Waals surface area contributed by atoms with E-state index in [1.807, 2.05) is 0 Å². The van der Waals surface area contributed by atoms with Crippen molar-refractivity contribution >= 4 is 38.9 Å². The first-order valence-electron chi connectivity index (χ1n) is 8.16. The number of nitrogens with one attached hydrogen (secondary N) is 2. The topological polar surface area (TPSA) is 105 Å². The number of hydrogen-bond donors (Lipinski definition) is 2. The van der Waals surface area contributed by atoms with Crippen molar-refractivity contribution < 1.29 is 22.7 Å². The SMILES string of the molecule is CC(=O)Nc1cccc(NC(=O)[C@@H]2CN(S(C)(=O)=O)c3ccccc3O2)c1. The number of sulfonamides is 1. The third kappa shape index (κ3) is 4.37. The van der Waals surface area contributed by atoms with E-state index in [2.05, 4.69) is 10.6 Å². The number of nitrogens with zero attached hydrogens (tertiary/aromatic N) is 1. The molecule has 3 rings (SSSR count). The second-order valence-electron chi connectivity index (χ2n) is 6.12. The Labute approximate surface area is 157 Å². The molecule has 0 radical (unpaired) electrons. The summed E-state index contributed by atoms with van der Waals surface area (Å²) in [6.07, 6.45) is 0.0695. The van der Waals surface area contributed by atoms with Gasteiger partial charge in [0.15, 0.2) is 6.10 Å². The van der Waals surface area contributed by atoms with Gasteiger partial charge in [-0.15, -0.1) is 0 Å². The van der Waals surface area contributed by atoms with Gasteiger partial charge in [-0.25, -0.2) is 8.42 Å². The van der Waals surface area contributed by atoms with Crippen LogP contribution in [-0.4, -0.2) is 39.1 Å². The average molecular weight is 389 g/mol. The lowest BCUT2D eigenvalue weighted by molar-refractivity contribution is -0.122. The molecule has 9 heteroatoms. The number of hydrogen-bond acceptors (Lipinski definition) is 5. The highest BCUT2D eigenvalue weighted by Crippen LogP contribution is 2.34. The summed E-state index contributed by atoms with van der Waals surface area (Å²) < 4.78 is 31.1. The van der Waals surface area contributed by atoms with E-state index in [4.69, 9.17) is 4.74 Å². The molecule has 0 fully saturated rings. The van der Waals surface area contributed by atoms with Crippen molar-refractivity contribution in [3.8, 4) is 5.75 Å². The molecule has 0 saturated carbocycles. The summed E-state index contributed by atoms with van der Waals surface area (Å²) in [5.74, 6) is -0.394. The molecule has 2 aromatic carbocycles. The van der Waals surface area contributed by atoms with Crippen LogP contribution in [0, 0.1) is 0 Å². The largest absolute Gasteiger partial charge is 0.476 e. The minimum Gasteiger partial charge on any atom is -0.476 e. The number of carbonyl (C=O) groups is 2. The Hall–Kier alpha value is -3.07. The maximum Gasteiger partial charge on any atom is 0.267 e. The third-order valence-electron chi connectivity index (χ3n) is 3.88. The number of anilines is 3. The van der Waals surface area contributed by atoms with Crippen molar-refractivity contribution in [3.63, 3.8) is 0 Å². The molecule has 142 valence electrons. The molecule has 1 aliphatic heterocycles. The van der Waals surface area contributed by atoms with Gasteiger partial charge in [-0.3, -0.25) is 13.9 Å². The van der Waals surface area contributed by atoms with Crippen LogP contribution in [0.4, 0.5) is 17.1 Å². The summed E-state index contributed by atoms with van der Waals surface area (Å²) >= 11 is 0. The van der Waals surface area contributed by atoms with Crippen LogP contribution in [0.25, 0.3) is 0 Å². The highest BCUT2D eigenvalue weighted by atomic mass is 32.2. The molecule has 1 aliphatic rings. The first-order chi connectivity index (χ1) is 12.7.